The summed E-state index contributed by atoms with van der Waals surface area (Å²) < 4.78 is 16.9. The number of anilines is 1. The van der Waals surface area contributed by atoms with Gasteiger partial charge in [-0.05, 0) is 44.1 Å². The number of halogens is 1. The van der Waals surface area contributed by atoms with Crippen molar-refractivity contribution in [3.05, 3.63) is 33.9 Å². The van der Waals surface area contributed by atoms with Gasteiger partial charge in [-0.2, -0.15) is 0 Å². The second-order valence-corrected chi connectivity index (χ2v) is 8.96. The fourth-order valence-corrected chi connectivity index (χ4v) is 5.65. The number of aromatic carboxylic acids is 1. The average Bonchev–Trinajstić information content (AvgIpc) is 2.92. The highest BCUT2D eigenvalue weighted by molar-refractivity contribution is 5.92. The number of pyridine rings is 2. The summed E-state index contributed by atoms with van der Waals surface area (Å²) in [5.41, 5.74) is -0.726. The van der Waals surface area contributed by atoms with Crippen molar-refractivity contribution in [2.24, 2.45) is 5.92 Å². The van der Waals surface area contributed by atoms with E-state index in [1.807, 2.05) is 9.47 Å². The normalized spacial score (nSPS) is 32.9. The van der Waals surface area contributed by atoms with Gasteiger partial charge in [-0.3, -0.25) is 4.79 Å². The van der Waals surface area contributed by atoms with Gasteiger partial charge in [-0.15, -0.1) is 0 Å². The zero-order valence-electron chi connectivity index (χ0n) is 15.3. The zero-order chi connectivity index (χ0) is 19.2. The average molecular weight is 384 g/mol. The summed E-state index contributed by atoms with van der Waals surface area (Å²) in [7, 11) is 0. The first-order valence-corrected chi connectivity index (χ1v) is 9.94. The molecule has 2 N–H and O–H groups in total. The van der Waals surface area contributed by atoms with Gasteiger partial charge in [-0.1, -0.05) is 0 Å². The molecule has 7 nitrogen and oxygen atoms in total. The molecule has 2 atom stereocenters. The molecule has 2 saturated heterocycles. The van der Waals surface area contributed by atoms with Crippen molar-refractivity contribution in [3.8, 4) is 0 Å². The number of hydrogen-bond acceptors (Lipinski definition) is 5. The summed E-state index contributed by atoms with van der Waals surface area (Å²) >= 11 is 0. The predicted molar refractivity (Wildman–Crippen MR) is 100 cm³/mol. The molecule has 2 aromatic heterocycles. The Morgan fingerprint density at radius 1 is 1.25 bits per heavy atom. The molecule has 146 valence electrons. The number of piperazine rings is 1. The first kappa shape index (κ1) is 16.5. The smallest absolute Gasteiger partial charge is 0.341 e. The summed E-state index contributed by atoms with van der Waals surface area (Å²) in [5.74, 6) is -0.895. The van der Waals surface area contributed by atoms with E-state index in [0.29, 0.717) is 36.7 Å². The molecule has 0 amide bonds. The van der Waals surface area contributed by atoms with Crippen LogP contribution in [-0.4, -0.2) is 45.8 Å². The monoisotopic (exact) mass is 384 g/mol. The number of aromatic nitrogens is 2. The minimum atomic E-state index is -1.28. The van der Waals surface area contributed by atoms with Crippen molar-refractivity contribution < 1.29 is 14.3 Å². The summed E-state index contributed by atoms with van der Waals surface area (Å²) in [6, 6.07) is 1.87. The molecule has 4 heterocycles. The van der Waals surface area contributed by atoms with Crippen LogP contribution in [0.2, 0.25) is 0 Å². The van der Waals surface area contributed by atoms with Crippen LogP contribution in [0.3, 0.4) is 0 Å². The van der Waals surface area contributed by atoms with E-state index in [1.54, 1.807) is 0 Å². The number of fused-ring (bicyclic) bond motifs is 3. The Morgan fingerprint density at radius 2 is 1.93 bits per heavy atom. The molecule has 4 bridgehead atoms. The van der Waals surface area contributed by atoms with Crippen molar-refractivity contribution in [2.75, 3.05) is 18.0 Å². The minimum absolute atomic E-state index is 0.0592. The SMILES string of the molecule is O=C(O)c1cn(C23CC(C2)C3)c2nc(N3CC4CCC(C3)N4)c(F)cc2c1=O. The number of carboxylic acid groups (broad SMARTS) is 1. The van der Waals surface area contributed by atoms with Crippen LogP contribution in [0.5, 0.6) is 0 Å². The van der Waals surface area contributed by atoms with Gasteiger partial charge in [0.2, 0.25) is 5.43 Å². The molecule has 5 fully saturated rings. The van der Waals surface area contributed by atoms with Crippen LogP contribution >= 0.6 is 0 Å². The van der Waals surface area contributed by atoms with Crippen LogP contribution < -0.4 is 15.6 Å². The minimum Gasteiger partial charge on any atom is -0.477 e. The zero-order valence-corrected chi connectivity index (χ0v) is 15.3. The first-order valence-electron chi connectivity index (χ1n) is 9.94. The van der Waals surface area contributed by atoms with Crippen molar-refractivity contribution in [2.45, 2.75) is 49.7 Å². The lowest BCUT2D eigenvalue weighted by molar-refractivity contribution is -0.0864. The van der Waals surface area contributed by atoms with Crippen molar-refractivity contribution in [1.82, 2.24) is 14.9 Å². The van der Waals surface area contributed by atoms with E-state index >= 15 is 4.39 Å². The van der Waals surface area contributed by atoms with Gasteiger partial charge >= 0.3 is 5.97 Å². The van der Waals surface area contributed by atoms with Gasteiger partial charge in [-0.25, -0.2) is 14.2 Å². The van der Waals surface area contributed by atoms with E-state index in [9.17, 15) is 14.7 Å². The number of rotatable bonds is 3. The summed E-state index contributed by atoms with van der Waals surface area (Å²) in [6.45, 7) is 1.38. The molecule has 0 aromatic carbocycles. The lowest BCUT2D eigenvalue weighted by atomic mass is 9.49. The van der Waals surface area contributed by atoms with Crippen LogP contribution in [0.1, 0.15) is 42.5 Å². The van der Waals surface area contributed by atoms with E-state index in [4.69, 9.17) is 0 Å². The molecule has 8 heteroatoms. The van der Waals surface area contributed by atoms with E-state index in [2.05, 4.69) is 10.3 Å². The predicted octanol–water partition coefficient (Wildman–Crippen LogP) is 1.68. The Labute approximate surface area is 160 Å². The summed E-state index contributed by atoms with van der Waals surface area (Å²) in [5, 5.41) is 13.1. The first-order chi connectivity index (χ1) is 13.4. The molecule has 3 saturated carbocycles. The molecule has 0 spiro atoms. The van der Waals surface area contributed by atoms with Gasteiger partial charge in [0.15, 0.2) is 11.6 Å². The molecule has 5 aliphatic rings. The molecular weight excluding hydrogens is 363 g/mol. The van der Waals surface area contributed by atoms with Crippen LogP contribution in [0.25, 0.3) is 11.0 Å². The fourth-order valence-electron chi connectivity index (χ4n) is 5.65. The van der Waals surface area contributed by atoms with Gasteiger partial charge in [0.25, 0.3) is 0 Å². The van der Waals surface area contributed by atoms with E-state index < -0.39 is 17.2 Å². The Hall–Kier alpha value is -2.48. The van der Waals surface area contributed by atoms with Gasteiger partial charge < -0.3 is 19.9 Å². The van der Waals surface area contributed by atoms with Gasteiger partial charge in [0.1, 0.15) is 11.2 Å². The van der Waals surface area contributed by atoms with Crippen LogP contribution in [0, 0.1) is 11.7 Å². The number of nitrogens with zero attached hydrogens (tertiary/aromatic N) is 3. The topological polar surface area (TPSA) is 87.5 Å². The van der Waals surface area contributed by atoms with Gasteiger partial charge in [0, 0.05) is 36.9 Å². The van der Waals surface area contributed by atoms with E-state index in [0.717, 1.165) is 32.1 Å². The second-order valence-electron chi connectivity index (χ2n) is 8.96. The highest BCUT2D eigenvalue weighted by atomic mass is 19.1. The third kappa shape index (κ3) is 2.09. The summed E-state index contributed by atoms with van der Waals surface area (Å²) in [4.78, 5) is 30.9. The third-order valence-corrected chi connectivity index (χ3v) is 7.18. The maximum atomic E-state index is 15.0. The second kappa shape index (κ2) is 5.31. The molecule has 7 rings (SSSR count). The van der Waals surface area contributed by atoms with Gasteiger partial charge in [0.05, 0.1) is 5.39 Å². The number of nitrogens with one attached hydrogen (secondary N) is 1. The highest BCUT2D eigenvalue weighted by Gasteiger charge is 2.58. The van der Waals surface area contributed by atoms with E-state index in [1.165, 1.54) is 12.3 Å². The molecule has 28 heavy (non-hydrogen) atoms. The van der Waals surface area contributed by atoms with Crippen LogP contribution in [0.15, 0.2) is 17.1 Å². The third-order valence-electron chi connectivity index (χ3n) is 7.18. The molecule has 2 aliphatic heterocycles. The van der Waals surface area contributed by atoms with Crippen molar-refractivity contribution >= 4 is 22.8 Å². The van der Waals surface area contributed by atoms with Crippen molar-refractivity contribution in [1.29, 1.82) is 0 Å². The van der Waals surface area contributed by atoms with E-state index in [-0.39, 0.29) is 22.3 Å². The molecule has 0 radical (unpaired) electrons. The lowest BCUT2D eigenvalue weighted by Crippen LogP contribution is -2.59. The Kier molecular flexibility index (Phi) is 3.13. The number of hydrogen-bond donors (Lipinski definition) is 2. The maximum absolute atomic E-state index is 15.0. The molecular formula is C20H21FN4O3. The molecule has 2 unspecified atom stereocenters. The van der Waals surface area contributed by atoms with Crippen LogP contribution in [-0.2, 0) is 5.54 Å². The molecule has 2 aromatic rings. The lowest BCUT2D eigenvalue weighted by Gasteiger charge is -2.62. The van der Waals surface area contributed by atoms with Crippen LogP contribution in [0.4, 0.5) is 10.2 Å². The largest absolute Gasteiger partial charge is 0.477 e. The number of carboxylic acids is 1. The Bertz CT molecular complexity index is 1070. The quantitative estimate of drug-likeness (QED) is 0.837. The summed E-state index contributed by atoms with van der Waals surface area (Å²) in [6.07, 6.45) is 6.49. The highest BCUT2D eigenvalue weighted by Crippen LogP contribution is 2.62. The van der Waals surface area contributed by atoms with Crippen molar-refractivity contribution in [3.63, 3.8) is 0 Å². The Morgan fingerprint density at radius 3 is 2.50 bits per heavy atom. The number of carbonyl (C=O) groups is 1. The Balaban J connectivity index is 1.55. The maximum Gasteiger partial charge on any atom is 0.341 e. The standard InChI is InChI=1S/C20H21FN4O3/c21-15-3-13-16(26)14(19(27)28)9-25(20-4-10(5-20)6-20)17(13)23-18(15)24-7-11-1-2-12(8-24)22-11/h3,9-12,22H,1-2,4-8H2,(H,27,28). The molecule has 3 aliphatic carbocycles. The fraction of sp³-hybridized carbons (Fsp3) is 0.550.